The molecule has 0 fully saturated rings. The molecular formula is C12H20. The van der Waals surface area contributed by atoms with Crippen molar-refractivity contribution >= 4 is 0 Å². The van der Waals surface area contributed by atoms with Gasteiger partial charge in [0.1, 0.15) is 0 Å². The Morgan fingerprint density at radius 2 is 2.00 bits per heavy atom. The van der Waals surface area contributed by atoms with E-state index in [1.54, 1.807) is 0 Å². The number of allylic oxidation sites excluding steroid dienone is 3. The number of hydrogen-bond donors (Lipinski definition) is 0. The van der Waals surface area contributed by atoms with Gasteiger partial charge in [0.15, 0.2) is 0 Å². The fourth-order valence-electron chi connectivity index (χ4n) is 2.07. The Labute approximate surface area is 76.4 Å². The fourth-order valence-corrected chi connectivity index (χ4v) is 2.07. The average molecular weight is 164 g/mol. The molecule has 0 heterocycles. The van der Waals surface area contributed by atoms with Crippen LogP contribution >= 0.6 is 0 Å². The van der Waals surface area contributed by atoms with E-state index in [0.29, 0.717) is 5.41 Å². The van der Waals surface area contributed by atoms with Crippen molar-refractivity contribution in [1.29, 1.82) is 0 Å². The maximum Gasteiger partial charge on any atom is -0.0202 e. The summed E-state index contributed by atoms with van der Waals surface area (Å²) in [5.41, 5.74) is 0.564. The van der Waals surface area contributed by atoms with Crippen LogP contribution in [0.5, 0.6) is 0 Å². The first kappa shape index (κ1) is 9.57. The highest BCUT2D eigenvalue weighted by molar-refractivity contribution is 5.04. The highest BCUT2D eigenvalue weighted by atomic mass is 14.4. The zero-order valence-corrected chi connectivity index (χ0v) is 8.34. The van der Waals surface area contributed by atoms with E-state index in [4.69, 9.17) is 0 Å². The van der Waals surface area contributed by atoms with Gasteiger partial charge >= 0.3 is 0 Å². The van der Waals surface area contributed by atoms with Crippen molar-refractivity contribution < 1.29 is 0 Å². The van der Waals surface area contributed by atoms with Gasteiger partial charge in [-0.25, -0.2) is 0 Å². The second-order valence-electron chi connectivity index (χ2n) is 4.22. The Morgan fingerprint density at radius 1 is 1.42 bits per heavy atom. The lowest BCUT2D eigenvalue weighted by Gasteiger charge is -2.33. The van der Waals surface area contributed by atoms with E-state index in [-0.39, 0.29) is 0 Å². The molecule has 0 aromatic heterocycles. The van der Waals surface area contributed by atoms with Crippen LogP contribution in [0, 0.1) is 11.3 Å². The van der Waals surface area contributed by atoms with Crippen molar-refractivity contribution in [2.45, 2.75) is 39.5 Å². The predicted molar refractivity (Wildman–Crippen MR) is 55.1 cm³/mol. The third kappa shape index (κ3) is 1.80. The van der Waals surface area contributed by atoms with E-state index in [9.17, 15) is 0 Å². The molecule has 0 nitrogen and oxygen atoms in total. The molecule has 0 atom stereocenters. The molecular weight excluding hydrogens is 144 g/mol. The molecule has 0 aromatic carbocycles. The summed E-state index contributed by atoms with van der Waals surface area (Å²) in [7, 11) is 0. The van der Waals surface area contributed by atoms with E-state index >= 15 is 0 Å². The molecule has 68 valence electrons. The summed E-state index contributed by atoms with van der Waals surface area (Å²) in [5.74, 6) is 0.799. The van der Waals surface area contributed by atoms with Gasteiger partial charge in [0.2, 0.25) is 0 Å². The minimum atomic E-state index is 0.564. The molecule has 0 saturated carbocycles. The maximum atomic E-state index is 3.79. The molecule has 0 radical (unpaired) electrons. The van der Waals surface area contributed by atoms with Crippen LogP contribution in [0.2, 0.25) is 0 Å². The first-order valence-electron chi connectivity index (χ1n) is 4.97. The third-order valence-corrected chi connectivity index (χ3v) is 3.29. The van der Waals surface area contributed by atoms with Crippen LogP contribution in [0.4, 0.5) is 0 Å². The van der Waals surface area contributed by atoms with Gasteiger partial charge in [0, 0.05) is 0 Å². The molecule has 0 bridgehead atoms. The van der Waals surface area contributed by atoms with E-state index in [0.717, 1.165) is 5.92 Å². The monoisotopic (exact) mass is 164 g/mol. The summed E-state index contributed by atoms with van der Waals surface area (Å²) in [6.45, 7) is 8.48. The summed E-state index contributed by atoms with van der Waals surface area (Å²) in [4.78, 5) is 0. The Kier molecular flexibility index (Phi) is 3.13. The van der Waals surface area contributed by atoms with Crippen molar-refractivity contribution in [3.8, 4) is 0 Å². The first-order chi connectivity index (χ1) is 5.71. The molecule has 1 aliphatic carbocycles. The van der Waals surface area contributed by atoms with Crippen molar-refractivity contribution in [3.05, 3.63) is 24.8 Å². The lowest BCUT2D eigenvalue weighted by Crippen LogP contribution is -2.23. The zero-order valence-electron chi connectivity index (χ0n) is 8.34. The minimum absolute atomic E-state index is 0.564. The smallest absolute Gasteiger partial charge is 0.0202 e. The number of rotatable bonds is 4. The van der Waals surface area contributed by atoms with Crippen molar-refractivity contribution in [1.82, 2.24) is 0 Å². The quantitative estimate of drug-likeness (QED) is 0.552. The van der Waals surface area contributed by atoms with Crippen LogP contribution in [0.15, 0.2) is 24.8 Å². The molecule has 0 N–H and O–H groups in total. The van der Waals surface area contributed by atoms with Crippen LogP contribution in [-0.2, 0) is 0 Å². The molecule has 0 saturated heterocycles. The lowest BCUT2D eigenvalue weighted by atomic mass is 9.72. The zero-order chi connectivity index (χ0) is 9.03. The van der Waals surface area contributed by atoms with E-state index in [2.05, 4.69) is 32.6 Å². The summed E-state index contributed by atoms with van der Waals surface area (Å²) in [6, 6.07) is 0. The summed E-state index contributed by atoms with van der Waals surface area (Å²) in [5, 5.41) is 0. The Hall–Kier alpha value is -0.520. The topological polar surface area (TPSA) is 0 Å². The van der Waals surface area contributed by atoms with Crippen molar-refractivity contribution in [3.63, 3.8) is 0 Å². The molecule has 1 aliphatic rings. The predicted octanol–water partition coefficient (Wildman–Crippen LogP) is 3.95. The molecule has 0 aromatic rings. The van der Waals surface area contributed by atoms with Gasteiger partial charge in [0.25, 0.3) is 0 Å². The third-order valence-electron chi connectivity index (χ3n) is 3.29. The summed E-state index contributed by atoms with van der Waals surface area (Å²) >= 11 is 0. The fraction of sp³-hybridized carbons (Fsp3) is 0.667. The largest absolute Gasteiger partial charge is 0.103 e. The van der Waals surface area contributed by atoms with Gasteiger partial charge < -0.3 is 0 Å². The van der Waals surface area contributed by atoms with Gasteiger partial charge in [-0.15, -0.1) is 6.58 Å². The molecule has 0 amide bonds. The van der Waals surface area contributed by atoms with Crippen LogP contribution in [0.1, 0.15) is 39.5 Å². The van der Waals surface area contributed by atoms with Crippen LogP contribution in [0.25, 0.3) is 0 Å². The first-order valence-corrected chi connectivity index (χ1v) is 4.97. The molecule has 12 heavy (non-hydrogen) atoms. The van der Waals surface area contributed by atoms with Gasteiger partial charge in [-0.3, -0.25) is 0 Å². The summed E-state index contributed by atoms with van der Waals surface area (Å²) in [6.07, 6.45) is 11.7. The van der Waals surface area contributed by atoms with Gasteiger partial charge in [-0.2, -0.15) is 0 Å². The summed E-state index contributed by atoms with van der Waals surface area (Å²) < 4.78 is 0. The molecule has 0 spiro atoms. The van der Waals surface area contributed by atoms with E-state index < -0.39 is 0 Å². The Balaban J connectivity index is 2.54. The van der Waals surface area contributed by atoms with E-state index in [1.807, 2.05) is 6.08 Å². The standard InChI is InChI=1S/C12H20/c1-4-5-8-12(11(2)3)9-6-7-10-12/h4,6-7,11H,1,5,8-10H2,2-3H3. The normalized spacial score (nSPS) is 20.2. The highest BCUT2D eigenvalue weighted by Crippen LogP contribution is 2.44. The van der Waals surface area contributed by atoms with Crippen LogP contribution in [0.3, 0.4) is 0 Å². The average Bonchev–Trinajstić information content (AvgIpc) is 2.50. The Morgan fingerprint density at radius 3 is 2.42 bits per heavy atom. The minimum Gasteiger partial charge on any atom is -0.103 e. The molecule has 0 unspecified atom stereocenters. The second kappa shape index (κ2) is 3.93. The molecule has 1 rings (SSSR count). The van der Waals surface area contributed by atoms with Gasteiger partial charge in [-0.1, -0.05) is 32.1 Å². The second-order valence-corrected chi connectivity index (χ2v) is 4.22. The van der Waals surface area contributed by atoms with Gasteiger partial charge in [0.05, 0.1) is 0 Å². The van der Waals surface area contributed by atoms with E-state index in [1.165, 1.54) is 25.7 Å². The number of hydrogen-bond acceptors (Lipinski definition) is 0. The molecule has 0 aliphatic heterocycles. The SMILES string of the molecule is C=CCCC1(C(C)C)CC=CC1. The van der Waals surface area contributed by atoms with Crippen LogP contribution in [-0.4, -0.2) is 0 Å². The van der Waals surface area contributed by atoms with Crippen molar-refractivity contribution in [2.75, 3.05) is 0 Å². The van der Waals surface area contributed by atoms with Gasteiger partial charge in [-0.05, 0) is 37.0 Å². The van der Waals surface area contributed by atoms with Crippen molar-refractivity contribution in [2.24, 2.45) is 11.3 Å². The Bertz CT molecular complexity index is 166. The lowest BCUT2D eigenvalue weighted by molar-refractivity contribution is 0.190. The van der Waals surface area contributed by atoms with Crippen LogP contribution < -0.4 is 0 Å². The maximum absolute atomic E-state index is 3.79. The molecule has 0 heteroatoms. The highest BCUT2D eigenvalue weighted by Gasteiger charge is 2.32.